The van der Waals surface area contributed by atoms with Crippen molar-refractivity contribution in [2.75, 3.05) is 49.3 Å². The van der Waals surface area contributed by atoms with Crippen LogP contribution in [0.15, 0.2) is 86.9 Å². The van der Waals surface area contributed by atoms with Gasteiger partial charge in [0.25, 0.3) is 11.1 Å². The van der Waals surface area contributed by atoms with Crippen LogP contribution in [0, 0.1) is 0 Å². The molecule has 0 saturated carbocycles. The minimum absolute atomic E-state index is 0.0453. The molecule has 0 radical (unpaired) electrons. The Morgan fingerprint density at radius 3 is 2.51 bits per heavy atom. The molecule has 1 saturated heterocycles. The predicted octanol–water partition coefficient (Wildman–Crippen LogP) is 5.20. The van der Waals surface area contributed by atoms with Gasteiger partial charge >= 0.3 is 0 Å². The summed E-state index contributed by atoms with van der Waals surface area (Å²) in [5.41, 5.74) is 3.19. The van der Waals surface area contributed by atoms with Gasteiger partial charge in [-0.1, -0.05) is 39.8 Å². The highest BCUT2D eigenvalue weighted by Gasteiger charge is 2.22. The molecule has 0 atom stereocenters. The van der Waals surface area contributed by atoms with Crippen LogP contribution in [0.25, 0.3) is 11.5 Å². The molecule has 1 fully saturated rings. The van der Waals surface area contributed by atoms with Crippen molar-refractivity contribution in [3.8, 4) is 17.2 Å². The number of ether oxygens (including phenoxy) is 1. The van der Waals surface area contributed by atoms with E-state index < -0.39 is 0 Å². The maximum atomic E-state index is 12.8. The molecule has 39 heavy (non-hydrogen) atoms. The van der Waals surface area contributed by atoms with E-state index in [0.717, 1.165) is 28.8 Å². The second kappa shape index (κ2) is 12.4. The number of piperazine rings is 1. The summed E-state index contributed by atoms with van der Waals surface area (Å²) in [5.74, 6) is 1.07. The third-order valence-electron chi connectivity index (χ3n) is 6.20. The molecule has 3 aromatic carbocycles. The fraction of sp³-hybridized carbons (Fsp3) is 0.214. The number of carbonyl (C=O) groups is 2. The lowest BCUT2D eigenvalue weighted by Crippen LogP contribution is -2.48. The Morgan fingerprint density at radius 1 is 1.00 bits per heavy atom. The first-order valence-electron chi connectivity index (χ1n) is 12.3. The number of nitrogens with one attached hydrogen (secondary N) is 1. The number of anilines is 2. The second-order valence-electron chi connectivity index (χ2n) is 8.78. The van der Waals surface area contributed by atoms with E-state index in [2.05, 4.69) is 36.3 Å². The molecule has 5 rings (SSSR count). The molecule has 4 aromatic rings. The van der Waals surface area contributed by atoms with Crippen molar-refractivity contribution in [2.24, 2.45) is 0 Å². The predicted molar refractivity (Wildman–Crippen MR) is 154 cm³/mol. The van der Waals surface area contributed by atoms with Crippen LogP contribution < -0.4 is 15.0 Å². The highest BCUT2D eigenvalue weighted by molar-refractivity contribution is 9.10. The lowest BCUT2D eigenvalue weighted by Gasteiger charge is -2.36. The molecule has 2 amide bonds. The Morgan fingerprint density at radius 2 is 1.77 bits per heavy atom. The number of carbonyl (C=O) groups excluding carboxylic acids is 2. The van der Waals surface area contributed by atoms with E-state index >= 15 is 0 Å². The normalized spacial score (nSPS) is 13.3. The summed E-state index contributed by atoms with van der Waals surface area (Å²) in [6.07, 6.45) is 0. The van der Waals surface area contributed by atoms with Crippen molar-refractivity contribution in [1.82, 2.24) is 15.1 Å². The zero-order valence-electron chi connectivity index (χ0n) is 21.2. The SMILES string of the molecule is COc1cccc(-c2nnc(SCC(=O)Nc3ccc(N4CCN(C(=O)c5cccc(Br)c5)CC4)cc3)o2)c1. The van der Waals surface area contributed by atoms with E-state index in [1.807, 2.05) is 77.7 Å². The molecule has 1 aliphatic heterocycles. The third-order valence-corrected chi connectivity index (χ3v) is 7.52. The van der Waals surface area contributed by atoms with Crippen molar-refractivity contribution < 1.29 is 18.7 Å². The Balaban J connectivity index is 1.09. The van der Waals surface area contributed by atoms with Gasteiger partial charge in [0.2, 0.25) is 11.8 Å². The van der Waals surface area contributed by atoms with E-state index in [4.69, 9.17) is 9.15 Å². The molecule has 1 N–H and O–H groups in total. The summed E-state index contributed by atoms with van der Waals surface area (Å²) in [6, 6.07) is 22.5. The van der Waals surface area contributed by atoms with E-state index in [9.17, 15) is 9.59 Å². The van der Waals surface area contributed by atoms with Gasteiger partial charge in [0.05, 0.1) is 12.9 Å². The van der Waals surface area contributed by atoms with Gasteiger partial charge in [0.1, 0.15) is 5.75 Å². The Labute approximate surface area is 238 Å². The van der Waals surface area contributed by atoms with Crippen molar-refractivity contribution in [1.29, 1.82) is 0 Å². The number of rotatable bonds is 8. The van der Waals surface area contributed by atoms with E-state index in [1.165, 1.54) is 11.8 Å². The first kappa shape index (κ1) is 26.8. The first-order chi connectivity index (χ1) is 19.0. The van der Waals surface area contributed by atoms with Crippen LogP contribution in [0.4, 0.5) is 11.4 Å². The minimum Gasteiger partial charge on any atom is -0.497 e. The van der Waals surface area contributed by atoms with Gasteiger partial charge in [0, 0.05) is 53.2 Å². The molecule has 2 heterocycles. The molecule has 0 bridgehead atoms. The van der Waals surface area contributed by atoms with Gasteiger partial charge in [0.15, 0.2) is 0 Å². The van der Waals surface area contributed by atoms with Crippen LogP contribution in [-0.2, 0) is 4.79 Å². The van der Waals surface area contributed by atoms with Crippen LogP contribution in [0.5, 0.6) is 5.75 Å². The Hall–Kier alpha value is -3.83. The zero-order valence-corrected chi connectivity index (χ0v) is 23.6. The van der Waals surface area contributed by atoms with Crippen LogP contribution >= 0.6 is 27.7 Å². The molecule has 200 valence electrons. The van der Waals surface area contributed by atoms with Crippen LogP contribution in [-0.4, -0.2) is 66.0 Å². The number of nitrogens with zero attached hydrogens (tertiary/aromatic N) is 4. The van der Waals surface area contributed by atoms with Crippen molar-refractivity contribution >= 4 is 50.9 Å². The van der Waals surface area contributed by atoms with E-state index in [-0.39, 0.29) is 17.6 Å². The number of aromatic nitrogens is 2. The second-order valence-corrected chi connectivity index (χ2v) is 10.6. The number of thioether (sulfide) groups is 1. The first-order valence-corrected chi connectivity index (χ1v) is 14.1. The smallest absolute Gasteiger partial charge is 0.277 e. The lowest BCUT2D eigenvalue weighted by molar-refractivity contribution is -0.113. The molecule has 1 aliphatic rings. The standard InChI is InChI=1S/C28H26BrN5O4S/c1-37-24-7-3-4-19(17-24)26-31-32-28(38-26)39-18-25(35)30-22-8-10-23(11-9-22)33-12-14-34(15-13-33)27(36)20-5-2-6-21(29)16-20/h2-11,16-17H,12-15,18H2,1H3,(H,30,35). The largest absolute Gasteiger partial charge is 0.497 e. The maximum Gasteiger partial charge on any atom is 0.277 e. The van der Waals surface area contributed by atoms with Crippen LogP contribution in [0.3, 0.4) is 0 Å². The molecule has 0 unspecified atom stereocenters. The zero-order chi connectivity index (χ0) is 27.2. The summed E-state index contributed by atoms with van der Waals surface area (Å²) < 4.78 is 11.8. The monoisotopic (exact) mass is 607 g/mol. The summed E-state index contributed by atoms with van der Waals surface area (Å²) in [7, 11) is 1.59. The van der Waals surface area contributed by atoms with Crippen LogP contribution in [0.1, 0.15) is 10.4 Å². The van der Waals surface area contributed by atoms with Gasteiger partial charge in [-0.25, -0.2) is 0 Å². The number of halogens is 1. The van der Waals surface area contributed by atoms with Gasteiger partial charge in [-0.2, -0.15) is 0 Å². The summed E-state index contributed by atoms with van der Waals surface area (Å²) in [5, 5.41) is 11.3. The molecule has 0 spiro atoms. The van der Waals surface area contributed by atoms with Crippen molar-refractivity contribution in [3.05, 3.63) is 82.8 Å². The average molecular weight is 609 g/mol. The third kappa shape index (κ3) is 6.79. The fourth-order valence-corrected chi connectivity index (χ4v) is 5.16. The van der Waals surface area contributed by atoms with Gasteiger partial charge in [-0.3, -0.25) is 9.59 Å². The van der Waals surface area contributed by atoms with Crippen molar-refractivity contribution in [2.45, 2.75) is 5.22 Å². The number of hydrogen-bond donors (Lipinski definition) is 1. The molecule has 11 heteroatoms. The summed E-state index contributed by atoms with van der Waals surface area (Å²) in [4.78, 5) is 29.4. The highest BCUT2D eigenvalue weighted by Crippen LogP contribution is 2.26. The number of amides is 2. The fourth-order valence-electron chi connectivity index (χ4n) is 4.19. The lowest BCUT2D eigenvalue weighted by atomic mass is 10.1. The van der Waals surface area contributed by atoms with Gasteiger partial charge in [-0.15, -0.1) is 10.2 Å². The Bertz CT molecular complexity index is 1450. The summed E-state index contributed by atoms with van der Waals surface area (Å²) >= 11 is 4.60. The number of hydrogen-bond acceptors (Lipinski definition) is 8. The van der Waals surface area contributed by atoms with E-state index in [0.29, 0.717) is 41.2 Å². The average Bonchev–Trinajstić information content (AvgIpc) is 3.46. The van der Waals surface area contributed by atoms with Gasteiger partial charge < -0.3 is 24.3 Å². The van der Waals surface area contributed by atoms with Gasteiger partial charge in [-0.05, 0) is 60.7 Å². The molecule has 1 aromatic heterocycles. The molecule has 9 nitrogen and oxygen atoms in total. The Kier molecular flexibility index (Phi) is 8.48. The quantitative estimate of drug-likeness (QED) is 0.273. The minimum atomic E-state index is -0.173. The molecular weight excluding hydrogens is 582 g/mol. The highest BCUT2D eigenvalue weighted by atomic mass is 79.9. The summed E-state index contributed by atoms with van der Waals surface area (Å²) in [6.45, 7) is 2.78. The number of methoxy groups -OCH3 is 1. The van der Waals surface area contributed by atoms with E-state index in [1.54, 1.807) is 7.11 Å². The molecular formula is C28H26BrN5O4S. The van der Waals surface area contributed by atoms with Crippen LogP contribution in [0.2, 0.25) is 0 Å². The molecule has 0 aliphatic carbocycles. The number of benzene rings is 3. The van der Waals surface area contributed by atoms with Crippen molar-refractivity contribution in [3.63, 3.8) is 0 Å². The maximum absolute atomic E-state index is 12.8. The topological polar surface area (TPSA) is 101 Å².